The van der Waals surface area contributed by atoms with Crippen LogP contribution in [0.5, 0.6) is 0 Å². The van der Waals surface area contributed by atoms with Crippen LogP contribution in [0.2, 0.25) is 0 Å². The zero-order valence-corrected chi connectivity index (χ0v) is 12.1. The van der Waals surface area contributed by atoms with Gasteiger partial charge in [-0.1, -0.05) is 0 Å². The molecule has 18 heavy (non-hydrogen) atoms. The van der Waals surface area contributed by atoms with E-state index in [0.717, 1.165) is 10.4 Å². The number of hydrogen-bond donors (Lipinski definition) is 1. The monoisotopic (exact) mass is 343 g/mol. The molecule has 0 aromatic heterocycles. The number of likely N-dealkylation sites (N-methyl/N-ethyl adjacent to an activating group) is 1. The number of rotatable bonds is 4. The molecule has 1 aromatic carbocycles. The number of nitrogens with zero attached hydrogens (tertiary/aromatic N) is 1. The predicted octanol–water partition coefficient (Wildman–Crippen LogP) is 1.73. The molecule has 0 aliphatic rings. The third-order valence-corrected chi connectivity index (χ3v) is 4.94. The van der Waals surface area contributed by atoms with Gasteiger partial charge in [-0.2, -0.15) is 4.31 Å². The van der Waals surface area contributed by atoms with Gasteiger partial charge in [-0.15, -0.1) is 0 Å². The number of hydrogen-bond acceptors (Lipinski definition) is 3. The van der Waals surface area contributed by atoms with Crippen LogP contribution in [0.25, 0.3) is 0 Å². The molecule has 1 rings (SSSR count). The molecule has 1 atom stereocenters. The van der Waals surface area contributed by atoms with Crippen LogP contribution in [0.1, 0.15) is 6.92 Å². The summed E-state index contributed by atoms with van der Waals surface area (Å²) in [6, 6.07) is 1.36. The van der Waals surface area contributed by atoms with Crippen LogP contribution >= 0.6 is 15.9 Å². The molecular formula is C10H12BrF2NO3S. The number of aliphatic hydroxyl groups excluding tert-OH is 1. The van der Waals surface area contributed by atoms with Crippen LogP contribution in [0.15, 0.2) is 21.5 Å². The van der Waals surface area contributed by atoms with Crippen LogP contribution in [0, 0.1) is 11.6 Å². The number of sulfonamides is 1. The molecule has 0 heterocycles. The number of halogens is 3. The van der Waals surface area contributed by atoms with Gasteiger partial charge in [-0.3, -0.25) is 0 Å². The maximum Gasteiger partial charge on any atom is 0.246 e. The fourth-order valence-electron chi connectivity index (χ4n) is 1.40. The van der Waals surface area contributed by atoms with Gasteiger partial charge in [0.1, 0.15) is 16.5 Å². The van der Waals surface area contributed by atoms with Crippen molar-refractivity contribution >= 4 is 26.0 Å². The Morgan fingerprint density at radius 3 is 2.44 bits per heavy atom. The van der Waals surface area contributed by atoms with Crippen molar-refractivity contribution in [1.29, 1.82) is 0 Å². The summed E-state index contributed by atoms with van der Waals surface area (Å²) in [5.41, 5.74) is 0. The molecule has 0 fully saturated rings. The van der Waals surface area contributed by atoms with Gasteiger partial charge in [-0.25, -0.2) is 17.2 Å². The molecular weight excluding hydrogens is 332 g/mol. The maximum absolute atomic E-state index is 13.6. The van der Waals surface area contributed by atoms with Crippen molar-refractivity contribution in [2.75, 3.05) is 13.6 Å². The third-order valence-electron chi connectivity index (χ3n) is 2.15. The van der Waals surface area contributed by atoms with Crippen molar-refractivity contribution in [2.24, 2.45) is 0 Å². The van der Waals surface area contributed by atoms with Crippen molar-refractivity contribution in [3.05, 3.63) is 28.2 Å². The van der Waals surface area contributed by atoms with Crippen LogP contribution in [-0.2, 0) is 10.0 Å². The Bertz CT molecular complexity index is 525. The molecule has 0 aliphatic carbocycles. The molecule has 4 nitrogen and oxygen atoms in total. The van der Waals surface area contributed by atoms with Gasteiger partial charge in [0.15, 0.2) is 0 Å². The lowest BCUT2D eigenvalue weighted by Crippen LogP contribution is -2.33. The van der Waals surface area contributed by atoms with Crippen LogP contribution in [0.4, 0.5) is 8.78 Å². The average molecular weight is 344 g/mol. The quantitative estimate of drug-likeness (QED) is 0.905. The normalized spacial score (nSPS) is 13.9. The number of aliphatic hydroxyl groups is 1. The van der Waals surface area contributed by atoms with Gasteiger partial charge < -0.3 is 5.11 Å². The maximum atomic E-state index is 13.6. The highest BCUT2D eigenvalue weighted by Crippen LogP contribution is 2.28. The molecule has 1 unspecified atom stereocenters. The van der Waals surface area contributed by atoms with Crippen LogP contribution < -0.4 is 0 Å². The van der Waals surface area contributed by atoms with E-state index in [-0.39, 0.29) is 11.0 Å². The van der Waals surface area contributed by atoms with Crippen molar-refractivity contribution < 1.29 is 22.3 Å². The lowest BCUT2D eigenvalue weighted by Gasteiger charge is -2.19. The second kappa shape index (κ2) is 5.60. The van der Waals surface area contributed by atoms with Gasteiger partial charge in [-0.05, 0) is 28.9 Å². The van der Waals surface area contributed by atoms with Crippen molar-refractivity contribution in [3.8, 4) is 0 Å². The SMILES string of the molecule is CC(O)CN(C)S(=O)(=O)c1c(F)cc(F)cc1Br. The summed E-state index contributed by atoms with van der Waals surface area (Å²) < 4.78 is 51.1. The molecule has 0 radical (unpaired) electrons. The molecule has 102 valence electrons. The molecule has 0 amide bonds. The summed E-state index contributed by atoms with van der Waals surface area (Å²) >= 11 is 2.82. The van der Waals surface area contributed by atoms with Crippen molar-refractivity contribution in [2.45, 2.75) is 17.9 Å². The first kappa shape index (κ1) is 15.5. The highest BCUT2D eigenvalue weighted by atomic mass is 79.9. The lowest BCUT2D eigenvalue weighted by atomic mass is 10.3. The summed E-state index contributed by atoms with van der Waals surface area (Å²) in [5, 5.41) is 9.14. The standard InChI is InChI=1S/C10H12BrF2NO3S/c1-6(15)5-14(2)18(16,17)10-8(11)3-7(12)4-9(10)13/h3-4,6,15H,5H2,1-2H3. The molecule has 0 bridgehead atoms. The minimum Gasteiger partial charge on any atom is -0.392 e. The largest absolute Gasteiger partial charge is 0.392 e. The van der Waals surface area contributed by atoms with E-state index >= 15 is 0 Å². The Morgan fingerprint density at radius 2 is 2.00 bits per heavy atom. The van der Waals surface area contributed by atoms with E-state index in [2.05, 4.69) is 15.9 Å². The zero-order chi connectivity index (χ0) is 14.1. The summed E-state index contributed by atoms with van der Waals surface area (Å²) in [5.74, 6) is -2.06. The minimum absolute atomic E-state index is 0.189. The fourth-order valence-corrected chi connectivity index (χ4v) is 3.76. The van der Waals surface area contributed by atoms with E-state index in [0.29, 0.717) is 6.07 Å². The smallest absolute Gasteiger partial charge is 0.246 e. The van der Waals surface area contributed by atoms with Crippen molar-refractivity contribution in [3.63, 3.8) is 0 Å². The first-order valence-electron chi connectivity index (χ1n) is 4.95. The average Bonchev–Trinajstić information content (AvgIpc) is 2.13. The summed E-state index contributed by atoms with van der Waals surface area (Å²) in [7, 11) is -2.92. The van der Waals surface area contributed by atoms with E-state index < -0.39 is 32.7 Å². The van der Waals surface area contributed by atoms with Gasteiger partial charge >= 0.3 is 0 Å². The fraction of sp³-hybridized carbons (Fsp3) is 0.400. The highest BCUT2D eigenvalue weighted by molar-refractivity contribution is 9.10. The Balaban J connectivity index is 3.29. The van der Waals surface area contributed by atoms with Gasteiger partial charge in [0.05, 0.1) is 6.10 Å². The first-order valence-corrected chi connectivity index (χ1v) is 7.18. The highest BCUT2D eigenvalue weighted by Gasteiger charge is 2.28. The summed E-state index contributed by atoms with van der Waals surface area (Å²) in [4.78, 5) is -0.646. The molecule has 0 saturated heterocycles. The second-order valence-corrected chi connectivity index (χ2v) is 6.67. The molecule has 0 saturated carbocycles. The third kappa shape index (κ3) is 3.25. The van der Waals surface area contributed by atoms with E-state index in [4.69, 9.17) is 5.11 Å². The Morgan fingerprint density at radius 1 is 1.44 bits per heavy atom. The predicted molar refractivity (Wildman–Crippen MR) is 65.6 cm³/mol. The molecule has 8 heteroatoms. The van der Waals surface area contributed by atoms with Crippen LogP contribution in [-0.4, -0.2) is 37.5 Å². The molecule has 1 N–H and O–H groups in total. The second-order valence-electron chi connectivity index (χ2n) is 3.83. The minimum atomic E-state index is -4.13. The van der Waals surface area contributed by atoms with E-state index in [1.807, 2.05) is 0 Å². The molecule has 1 aromatic rings. The Labute approximate surface area is 112 Å². The lowest BCUT2D eigenvalue weighted by molar-refractivity contribution is 0.171. The summed E-state index contributed by atoms with van der Waals surface area (Å²) in [6.45, 7) is 1.22. The topological polar surface area (TPSA) is 57.6 Å². The Hall–Kier alpha value is -0.570. The van der Waals surface area contributed by atoms with Gasteiger partial charge in [0.25, 0.3) is 0 Å². The Kier molecular flexibility index (Phi) is 4.82. The van der Waals surface area contributed by atoms with Crippen molar-refractivity contribution in [1.82, 2.24) is 4.31 Å². The first-order chi connectivity index (χ1) is 8.16. The van der Waals surface area contributed by atoms with E-state index in [1.165, 1.54) is 14.0 Å². The van der Waals surface area contributed by atoms with Gasteiger partial charge in [0, 0.05) is 24.1 Å². The zero-order valence-electron chi connectivity index (χ0n) is 9.69. The van der Waals surface area contributed by atoms with Gasteiger partial charge in [0.2, 0.25) is 10.0 Å². The number of benzene rings is 1. The van der Waals surface area contributed by atoms with E-state index in [9.17, 15) is 17.2 Å². The summed E-state index contributed by atoms with van der Waals surface area (Å²) in [6.07, 6.45) is -0.896. The molecule has 0 aliphatic heterocycles. The van der Waals surface area contributed by atoms with E-state index in [1.54, 1.807) is 0 Å². The molecule has 0 spiro atoms. The van der Waals surface area contributed by atoms with Crippen LogP contribution in [0.3, 0.4) is 0 Å².